The van der Waals surface area contributed by atoms with Gasteiger partial charge in [-0.1, -0.05) is 12.1 Å². The molecule has 2 atom stereocenters. The number of fused-ring (bicyclic) bond motifs is 1. The fraction of sp³-hybridized carbons (Fsp3) is 0.526. The molecule has 0 bridgehead atoms. The number of piperidine rings is 1. The molecule has 3 aliphatic heterocycles. The van der Waals surface area contributed by atoms with Gasteiger partial charge in [0, 0.05) is 44.2 Å². The van der Waals surface area contributed by atoms with E-state index in [4.69, 9.17) is 4.74 Å². The second-order valence-electron chi connectivity index (χ2n) is 7.25. The van der Waals surface area contributed by atoms with Gasteiger partial charge in [0.25, 0.3) is 5.91 Å². The maximum atomic E-state index is 12.7. The lowest BCUT2D eigenvalue weighted by Gasteiger charge is -2.29. The van der Waals surface area contributed by atoms with Crippen molar-refractivity contribution in [1.29, 1.82) is 0 Å². The van der Waals surface area contributed by atoms with E-state index in [0.717, 1.165) is 30.8 Å². The van der Waals surface area contributed by atoms with E-state index in [1.54, 1.807) is 4.90 Å². The van der Waals surface area contributed by atoms with Crippen LogP contribution in [0, 0.1) is 0 Å². The number of nitrogens with one attached hydrogen (secondary N) is 3. The third-order valence-corrected chi connectivity index (χ3v) is 5.31. The Bertz CT molecular complexity index is 760. The molecule has 8 heteroatoms. The standard InChI is InChI=1S/C19H24N4O4/c24-17-4-3-16(18(25)22-17)23-10-13-7-12(1-2-15(13)19(23)26)8-20-9-14-11-27-6-5-21-14/h1-2,7,14,16,20-21H,3-6,8-11H2,(H,22,24,25). The minimum absolute atomic E-state index is 0.137. The third-order valence-electron chi connectivity index (χ3n) is 5.31. The van der Waals surface area contributed by atoms with Crippen molar-refractivity contribution in [3.63, 3.8) is 0 Å². The van der Waals surface area contributed by atoms with E-state index < -0.39 is 6.04 Å². The van der Waals surface area contributed by atoms with Gasteiger partial charge in [-0.15, -0.1) is 0 Å². The largest absolute Gasteiger partial charge is 0.378 e. The van der Waals surface area contributed by atoms with Crippen molar-refractivity contribution in [2.24, 2.45) is 0 Å². The summed E-state index contributed by atoms with van der Waals surface area (Å²) < 4.78 is 5.44. The van der Waals surface area contributed by atoms with E-state index in [-0.39, 0.29) is 24.1 Å². The van der Waals surface area contributed by atoms with Crippen LogP contribution < -0.4 is 16.0 Å². The van der Waals surface area contributed by atoms with Crippen LogP contribution in [0.1, 0.15) is 34.3 Å². The van der Waals surface area contributed by atoms with E-state index in [2.05, 4.69) is 16.0 Å². The lowest BCUT2D eigenvalue weighted by molar-refractivity contribution is -0.136. The Labute approximate surface area is 157 Å². The zero-order valence-corrected chi connectivity index (χ0v) is 15.1. The number of carbonyl (C=O) groups is 3. The molecular weight excluding hydrogens is 348 g/mol. The van der Waals surface area contributed by atoms with E-state index in [1.807, 2.05) is 18.2 Å². The average Bonchev–Trinajstić information content (AvgIpc) is 2.99. The van der Waals surface area contributed by atoms with Crippen molar-refractivity contribution in [3.05, 3.63) is 34.9 Å². The van der Waals surface area contributed by atoms with Crippen molar-refractivity contribution in [1.82, 2.24) is 20.9 Å². The molecule has 27 heavy (non-hydrogen) atoms. The molecule has 0 aromatic heterocycles. The highest BCUT2D eigenvalue weighted by Gasteiger charge is 2.38. The fourth-order valence-corrected chi connectivity index (χ4v) is 3.88. The molecule has 2 saturated heterocycles. The van der Waals surface area contributed by atoms with Crippen LogP contribution in [0.3, 0.4) is 0 Å². The highest BCUT2D eigenvalue weighted by molar-refractivity contribution is 6.05. The van der Waals surface area contributed by atoms with Crippen LogP contribution in [-0.2, 0) is 27.4 Å². The zero-order valence-electron chi connectivity index (χ0n) is 15.1. The number of rotatable bonds is 5. The summed E-state index contributed by atoms with van der Waals surface area (Å²) in [5.74, 6) is -0.786. The second kappa shape index (κ2) is 7.75. The summed E-state index contributed by atoms with van der Waals surface area (Å²) in [6.45, 7) is 4.29. The number of carbonyl (C=O) groups excluding carboxylic acids is 3. The molecule has 0 spiro atoms. The van der Waals surface area contributed by atoms with Crippen molar-refractivity contribution >= 4 is 17.7 Å². The number of amides is 3. The van der Waals surface area contributed by atoms with Gasteiger partial charge in [0.1, 0.15) is 6.04 Å². The normalized spacial score (nSPS) is 25.5. The van der Waals surface area contributed by atoms with Crippen LogP contribution in [0.15, 0.2) is 18.2 Å². The molecule has 0 radical (unpaired) electrons. The minimum Gasteiger partial charge on any atom is -0.378 e. The first kappa shape index (κ1) is 18.1. The second-order valence-corrected chi connectivity index (χ2v) is 7.25. The molecule has 1 aromatic carbocycles. The van der Waals surface area contributed by atoms with Crippen LogP contribution in [0.25, 0.3) is 0 Å². The summed E-state index contributed by atoms with van der Waals surface area (Å²) in [6, 6.07) is 5.56. The minimum atomic E-state index is -0.568. The number of ether oxygens (including phenoxy) is 1. The number of hydrogen-bond donors (Lipinski definition) is 3. The molecule has 2 unspecified atom stereocenters. The predicted molar refractivity (Wildman–Crippen MR) is 96.8 cm³/mol. The van der Waals surface area contributed by atoms with Crippen molar-refractivity contribution in [3.8, 4) is 0 Å². The lowest BCUT2D eigenvalue weighted by Crippen LogP contribution is -2.52. The zero-order chi connectivity index (χ0) is 18.8. The lowest BCUT2D eigenvalue weighted by atomic mass is 10.0. The van der Waals surface area contributed by atoms with Gasteiger partial charge in [-0.25, -0.2) is 0 Å². The van der Waals surface area contributed by atoms with Gasteiger partial charge in [-0.2, -0.15) is 0 Å². The first-order valence-electron chi connectivity index (χ1n) is 9.40. The monoisotopic (exact) mass is 372 g/mol. The number of morpholine rings is 1. The summed E-state index contributed by atoms with van der Waals surface area (Å²) in [5.41, 5.74) is 2.68. The Morgan fingerprint density at radius 3 is 2.93 bits per heavy atom. The molecular formula is C19H24N4O4. The summed E-state index contributed by atoms with van der Waals surface area (Å²) in [7, 11) is 0. The SMILES string of the molecule is O=C1CCC(N2Cc3cc(CNCC4COCCN4)ccc3C2=O)C(=O)N1. The number of benzene rings is 1. The molecule has 2 fully saturated rings. The van der Waals surface area contributed by atoms with E-state index in [1.165, 1.54) is 0 Å². The number of imide groups is 1. The van der Waals surface area contributed by atoms with Gasteiger partial charge in [0.05, 0.1) is 13.2 Å². The topological polar surface area (TPSA) is 99.8 Å². The molecule has 144 valence electrons. The first-order chi connectivity index (χ1) is 13.1. The smallest absolute Gasteiger partial charge is 0.255 e. The molecule has 1 aromatic rings. The van der Waals surface area contributed by atoms with Gasteiger partial charge in [0.15, 0.2) is 0 Å². The highest BCUT2D eigenvalue weighted by Crippen LogP contribution is 2.28. The molecule has 0 saturated carbocycles. The van der Waals surface area contributed by atoms with Gasteiger partial charge >= 0.3 is 0 Å². The van der Waals surface area contributed by atoms with Crippen LogP contribution in [0.2, 0.25) is 0 Å². The third kappa shape index (κ3) is 3.87. The van der Waals surface area contributed by atoms with E-state index in [9.17, 15) is 14.4 Å². The Hall–Kier alpha value is -2.29. The van der Waals surface area contributed by atoms with E-state index in [0.29, 0.717) is 37.7 Å². The number of hydrogen-bond acceptors (Lipinski definition) is 6. The molecule has 3 N–H and O–H groups in total. The van der Waals surface area contributed by atoms with E-state index >= 15 is 0 Å². The van der Waals surface area contributed by atoms with Crippen LogP contribution >= 0.6 is 0 Å². The Morgan fingerprint density at radius 2 is 2.15 bits per heavy atom. The average molecular weight is 372 g/mol. The van der Waals surface area contributed by atoms with Gasteiger partial charge in [0.2, 0.25) is 11.8 Å². The molecule has 4 rings (SSSR count). The van der Waals surface area contributed by atoms with Crippen molar-refractivity contribution in [2.75, 3.05) is 26.3 Å². The molecule has 3 heterocycles. The van der Waals surface area contributed by atoms with Gasteiger partial charge in [-0.05, 0) is 23.6 Å². The quantitative estimate of drug-likeness (QED) is 0.604. The molecule has 3 amide bonds. The van der Waals surface area contributed by atoms with Crippen LogP contribution in [0.5, 0.6) is 0 Å². The number of nitrogens with zero attached hydrogens (tertiary/aromatic N) is 1. The molecule has 0 aliphatic carbocycles. The van der Waals surface area contributed by atoms with Gasteiger partial charge < -0.3 is 20.3 Å². The summed E-state index contributed by atoms with van der Waals surface area (Å²) in [6.07, 6.45) is 0.653. The van der Waals surface area contributed by atoms with Crippen molar-refractivity contribution < 1.29 is 19.1 Å². The molecule has 3 aliphatic rings. The molecule has 8 nitrogen and oxygen atoms in total. The predicted octanol–water partition coefficient (Wildman–Crippen LogP) is -0.474. The van der Waals surface area contributed by atoms with Crippen LogP contribution in [0.4, 0.5) is 0 Å². The Morgan fingerprint density at radius 1 is 1.26 bits per heavy atom. The van der Waals surface area contributed by atoms with Gasteiger partial charge in [-0.3, -0.25) is 19.7 Å². The van der Waals surface area contributed by atoms with Crippen molar-refractivity contribution in [2.45, 2.75) is 38.0 Å². The fourth-order valence-electron chi connectivity index (χ4n) is 3.88. The summed E-state index contributed by atoms with van der Waals surface area (Å²) in [5, 5.41) is 9.15. The van der Waals surface area contributed by atoms with Crippen LogP contribution in [-0.4, -0.2) is 61.0 Å². The Kier molecular flexibility index (Phi) is 5.20. The highest BCUT2D eigenvalue weighted by atomic mass is 16.5. The Balaban J connectivity index is 1.37. The maximum absolute atomic E-state index is 12.7. The summed E-state index contributed by atoms with van der Waals surface area (Å²) in [4.78, 5) is 37.7. The first-order valence-corrected chi connectivity index (χ1v) is 9.40. The summed E-state index contributed by atoms with van der Waals surface area (Å²) >= 11 is 0. The maximum Gasteiger partial charge on any atom is 0.255 e.